The first-order valence-electron chi connectivity index (χ1n) is 5.28. The Morgan fingerprint density at radius 1 is 1.00 bits per heavy atom. The highest BCUT2D eigenvalue weighted by Crippen LogP contribution is 2.15. The van der Waals surface area contributed by atoms with E-state index in [0.717, 1.165) is 18.8 Å². The van der Waals surface area contributed by atoms with Gasteiger partial charge in [0, 0.05) is 25.3 Å². The van der Waals surface area contributed by atoms with E-state index in [9.17, 15) is 0 Å². The van der Waals surface area contributed by atoms with Crippen LogP contribution >= 0.6 is 11.6 Å². The van der Waals surface area contributed by atoms with E-state index in [2.05, 4.69) is 0 Å². The molecular weight excluding hydrogens is 228 g/mol. The lowest BCUT2D eigenvalue weighted by molar-refractivity contribution is 0.0806. The van der Waals surface area contributed by atoms with E-state index in [1.54, 1.807) is 19.2 Å². The van der Waals surface area contributed by atoms with Crippen LogP contribution in [0.1, 0.15) is 6.42 Å². The lowest BCUT2D eigenvalue weighted by Gasteiger charge is -2.06. The third-order valence-electron chi connectivity index (χ3n) is 1.95. The molecule has 90 valence electrons. The van der Waals surface area contributed by atoms with Gasteiger partial charge in [-0.1, -0.05) is 11.6 Å². The highest BCUT2D eigenvalue weighted by molar-refractivity contribution is 6.30. The molecule has 0 spiro atoms. The van der Waals surface area contributed by atoms with Crippen LogP contribution in [0, 0.1) is 0 Å². The number of rotatable bonds is 8. The summed E-state index contributed by atoms with van der Waals surface area (Å²) < 4.78 is 15.7. The fourth-order valence-electron chi connectivity index (χ4n) is 1.16. The third kappa shape index (κ3) is 5.95. The minimum atomic E-state index is 0.550. The van der Waals surface area contributed by atoms with Crippen LogP contribution in [0.3, 0.4) is 0 Å². The summed E-state index contributed by atoms with van der Waals surface area (Å²) in [6.45, 7) is 2.58. The first kappa shape index (κ1) is 13.3. The quantitative estimate of drug-likeness (QED) is 0.658. The molecule has 1 aromatic rings. The molecule has 3 nitrogen and oxygen atoms in total. The van der Waals surface area contributed by atoms with E-state index in [-0.39, 0.29) is 0 Å². The van der Waals surface area contributed by atoms with Gasteiger partial charge in [0.25, 0.3) is 0 Å². The van der Waals surface area contributed by atoms with Crippen LogP contribution in [-0.2, 0) is 9.47 Å². The van der Waals surface area contributed by atoms with Gasteiger partial charge >= 0.3 is 0 Å². The number of methoxy groups -OCH3 is 1. The van der Waals surface area contributed by atoms with Crippen molar-refractivity contribution in [2.75, 3.05) is 33.5 Å². The number of halogens is 1. The SMILES string of the molecule is COCCCOCCOc1ccc(Cl)cc1. The number of hydrogen-bond donors (Lipinski definition) is 0. The summed E-state index contributed by atoms with van der Waals surface area (Å²) in [5.74, 6) is 0.810. The second kappa shape index (κ2) is 8.39. The van der Waals surface area contributed by atoms with Crippen molar-refractivity contribution in [1.82, 2.24) is 0 Å². The second-order valence-electron chi connectivity index (χ2n) is 3.26. The average molecular weight is 245 g/mol. The Hall–Kier alpha value is -0.770. The van der Waals surface area contributed by atoms with E-state index in [1.807, 2.05) is 12.1 Å². The Labute approximate surface area is 101 Å². The molecule has 0 aromatic heterocycles. The molecule has 0 aliphatic carbocycles. The molecule has 0 saturated heterocycles. The molecule has 4 heteroatoms. The highest BCUT2D eigenvalue weighted by atomic mass is 35.5. The molecule has 0 bridgehead atoms. The fourth-order valence-corrected chi connectivity index (χ4v) is 1.28. The normalized spacial score (nSPS) is 10.4. The summed E-state index contributed by atoms with van der Waals surface area (Å²) in [4.78, 5) is 0. The number of ether oxygens (including phenoxy) is 3. The first-order valence-corrected chi connectivity index (χ1v) is 5.66. The lowest BCUT2D eigenvalue weighted by Crippen LogP contribution is -2.08. The maximum Gasteiger partial charge on any atom is 0.119 e. The molecule has 0 saturated carbocycles. The molecule has 0 aliphatic heterocycles. The Bertz CT molecular complexity index is 274. The largest absolute Gasteiger partial charge is 0.491 e. The zero-order valence-corrected chi connectivity index (χ0v) is 10.2. The molecule has 16 heavy (non-hydrogen) atoms. The summed E-state index contributed by atoms with van der Waals surface area (Å²) in [6, 6.07) is 7.28. The van der Waals surface area contributed by atoms with Crippen LogP contribution in [0.25, 0.3) is 0 Å². The standard InChI is InChI=1S/C12H17ClO3/c1-14-7-2-8-15-9-10-16-12-5-3-11(13)4-6-12/h3-6H,2,7-10H2,1H3. The highest BCUT2D eigenvalue weighted by Gasteiger charge is 1.94. The van der Waals surface area contributed by atoms with Crippen molar-refractivity contribution in [1.29, 1.82) is 0 Å². The van der Waals surface area contributed by atoms with Crippen molar-refractivity contribution >= 4 is 11.6 Å². The molecule has 0 N–H and O–H groups in total. The van der Waals surface area contributed by atoms with Gasteiger partial charge in [0.15, 0.2) is 0 Å². The maximum absolute atomic E-state index is 5.75. The predicted molar refractivity (Wildman–Crippen MR) is 64.3 cm³/mol. The van der Waals surface area contributed by atoms with Gasteiger partial charge in [-0.2, -0.15) is 0 Å². The van der Waals surface area contributed by atoms with Crippen molar-refractivity contribution in [3.63, 3.8) is 0 Å². The smallest absolute Gasteiger partial charge is 0.119 e. The van der Waals surface area contributed by atoms with E-state index in [1.165, 1.54) is 0 Å². The third-order valence-corrected chi connectivity index (χ3v) is 2.20. The minimum Gasteiger partial charge on any atom is -0.491 e. The Morgan fingerprint density at radius 3 is 2.44 bits per heavy atom. The van der Waals surface area contributed by atoms with Gasteiger partial charge in [-0.25, -0.2) is 0 Å². The topological polar surface area (TPSA) is 27.7 Å². The minimum absolute atomic E-state index is 0.550. The van der Waals surface area contributed by atoms with Gasteiger partial charge in [-0.3, -0.25) is 0 Å². The molecule has 0 atom stereocenters. The van der Waals surface area contributed by atoms with Crippen molar-refractivity contribution in [3.8, 4) is 5.75 Å². The van der Waals surface area contributed by atoms with E-state index in [4.69, 9.17) is 25.8 Å². The molecule has 0 amide bonds. The molecule has 0 radical (unpaired) electrons. The predicted octanol–water partition coefficient (Wildman–Crippen LogP) is 2.77. The maximum atomic E-state index is 5.75. The Balaban J connectivity index is 2.01. The summed E-state index contributed by atoms with van der Waals surface area (Å²) in [5, 5.41) is 0.711. The summed E-state index contributed by atoms with van der Waals surface area (Å²) >= 11 is 5.75. The molecule has 0 aliphatic rings. The average Bonchev–Trinajstić information content (AvgIpc) is 2.30. The monoisotopic (exact) mass is 244 g/mol. The molecule has 1 aromatic carbocycles. The molecule has 0 heterocycles. The van der Waals surface area contributed by atoms with Crippen LogP contribution in [0.4, 0.5) is 0 Å². The van der Waals surface area contributed by atoms with E-state index < -0.39 is 0 Å². The van der Waals surface area contributed by atoms with Crippen LogP contribution in [-0.4, -0.2) is 33.5 Å². The Kier molecular flexibility index (Phi) is 6.97. The lowest BCUT2D eigenvalue weighted by atomic mass is 10.3. The summed E-state index contributed by atoms with van der Waals surface area (Å²) in [6.07, 6.45) is 0.914. The van der Waals surface area contributed by atoms with Gasteiger partial charge in [0.05, 0.1) is 6.61 Å². The zero-order chi connectivity index (χ0) is 11.6. The van der Waals surface area contributed by atoms with E-state index >= 15 is 0 Å². The van der Waals surface area contributed by atoms with Crippen molar-refractivity contribution in [2.45, 2.75) is 6.42 Å². The second-order valence-corrected chi connectivity index (χ2v) is 3.70. The van der Waals surface area contributed by atoms with E-state index in [0.29, 0.717) is 24.8 Å². The van der Waals surface area contributed by atoms with Gasteiger partial charge in [-0.15, -0.1) is 0 Å². The Morgan fingerprint density at radius 2 is 1.75 bits per heavy atom. The van der Waals surface area contributed by atoms with Crippen LogP contribution in [0.2, 0.25) is 5.02 Å². The van der Waals surface area contributed by atoms with Gasteiger partial charge in [0.2, 0.25) is 0 Å². The van der Waals surface area contributed by atoms with Crippen molar-refractivity contribution in [3.05, 3.63) is 29.3 Å². The molecular formula is C12H17ClO3. The molecule has 0 unspecified atom stereocenters. The first-order chi connectivity index (χ1) is 7.83. The van der Waals surface area contributed by atoms with Gasteiger partial charge in [-0.05, 0) is 30.7 Å². The van der Waals surface area contributed by atoms with Crippen molar-refractivity contribution in [2.24, 2.45) is 0 Å². The zero-order valence-electron chi connectivity index (χ0n) is 9.45. The summed E-state index contributed by atoms with van der Waals surface area (Å²) in [7, 11) is 1.68. The molecule has 0 fully saturated rings. The van der Waals surface area contributed by atoms with Gasteiger partial charge < -0.3 is 14.2 Å². The van der Waals surface area contributed by atoms with Crippen LogP contribution in [0.15, 0.2) is 24.3 Å². The van der Waals surface area contributed by atoms with Gasteiger partial charge in [0.1, 0.15) is 12.4 Å². The summed E-state index contributed by atoms with van der Waals surface area (Å²) in [5.41, 5.74) is 0. The van der Waals surface area contributed by atoms with Crippen LogP contribution < -0.4 is 4.74 Å². The fraction of sp³-hybridized carbons (Fsp3) is 0.500. The molecule has 1 rings (SSSR count). The van der Waals surface area contributed by atoms with Crippen LogP contribution in [0.5, 0.6) is 5.75 Å². The number of hydrogen-bond acceptors (Lipinski definition) is 3. The number of benzene rings is 1. The van der Waals surface area contributed by atoms with Crippen molar-refractivity contribution < 1.29 is 14.2 Å².